The minimum absolute atomic E-state index is 0.188. The number of hydrogen-bond donors (Lipinski definition) is 0. The van der Waals surface area contributed by atoms with Gasteiger partial charge in [0.2, 0.25) is 0 Å². The van der Waals surface area contributed by atoms with Crippen molar-refractivity contribution in [1.29, 1.82) is 0 Å². The fraction of sp³-hybridized carbons (Fsp3) is 0.214. The Balaban J connectivity index is 1.92. The molecule has 106 valence electrons. The molecule has 0 aliphatic rings. The molecular formula is C14H14O4S2. The lowest BCUT2D eigenvalue weighted by Gasteiger charge is -2.04. The van der Waals surface area contributed by atoms with Crippen molar-refractivity contribution in [3.63, 3.8) is 0 Å². The Morgan fingerprint density at radius 2 is 1.90 bits per heavy atom. The van der Waals surface area contributed by atoms with Crippen LogP contribution in [0.3, 0.4) is 0 Å². The van der Waals surface area contributed by atoms with Crippen molar-refractivity contribution in [1.82, 2.24) is 0 Å². The molecule has 6 heteroatoms. The molecule has 0 spiro atoms. The summed E-state index contributed by atoms with van der Waals surface area (Å²) in [6, 6.07) is 9.68. The van der Waals surface area contributed by atoms with Gasteiger partial charge >= 0.3 is 5.97 Å². The summed E-state index contributed by atoms with van der Waals surface area (Å²) in [7, 11) is -3.24. The number of carbonyl (C=O) groups excluding carboxylic acids is 1. The Morgan fingerprint density at radius 1 is 1.20 bits per heavy atom. The molecule has 0 aliphatic heterocycles. The molecule has 2 aromatic rings. The minimum atomic E-state index is -3.24. The van der Waals surface area contributed by atoms with Gasteiger partial charge < -0.3 is 4.74 Å². The van der Waals surface area contributed by atoms with E-state index >= 15 is 0 Å². The van der Waals surface area contributed by atoms with Gasteiger partial charge in [-0.25, -0.2) is 13.2 Å². The van der Waals surface area contributed by atoms with Gasteiger partial charge in [0, 0.05) is 17.6 Å². The molecule has 0 bridgehead atoms. The minimum Gasteiger partial charge on any atom is -0.462 e. The maximum absolute atomic E-state index is 11.8. The van der Waals surface area contributed by atoms with Crippen molar-refractivity contribution in [2.75, 3.05) is 12.9 Å². The van der Waals surface area contributed by atoms with Crippen LogP contribution in [0.1, 0.15) is 15.2 Å². The summed E-state index contributed by atoms with van der Waals surface area (Å²) >= 11 is 1.62. The van der Waals surface area contributed by atoms with E-state index in [2.05, 4.69) is 0 Å². The zero-order valence-corrected chi connectivity index (χ0v) is 12.5. The first kappa shape index (κ1) is 14.7. The van der Waals surface area contributed by atoms with E-state index in [0.29, 0.717) is 18.6 Å². The number of thiophene rings is 1. The maximum atomic E-state index is 11.8. The van der Waals surface area contributed by atoms with Gasteiger partial charge in [-0.15, -0.1) is 11.3 Å². The highest BCUT2D eigenvalue weighted by atomic mass is 32.2. The number of ether oxygens (including phenoxy) is 1. The van der Waals surface area contributed by atoms with E-state index in [4.69, 9.17) is 4.74 Å². The summed E-state index contributed by atoms with van der Waals surface area (Å²) in [6.07, 6.45) is 1.81. The Bertz CT molecular complexity index is 670. The smallest absolute Gasteiger partial charge is 0.338 e. The van der Waals surface area contributed by atoms with Crippen molar-refractivity contribution < 1.29 is 17.9 Å². The second kappa shape index (κ2) is 6.19. The predicted octanol–water partition coefficient (Wildman–Crippen LogP) is 2.55. The quantitative estimate of drug-likeness (QED) is 0.796. The highest BCUT2D eigenvalue weighted by Crippen LogP contribution is 2.12. The molecule has 0 atom stereocenters. The lowest BCUT2D eigenvalue weighted by atomic mass is 10.2. The van der Waals surface area contributed by atoms with E-state index in [-0.39, 0.29) is 4.90 Å². The van der Waals surface area contributed by atoms with Crippen molar-refractivity contribution in [3.8, 4) is 0 Å². The molecule has 2 rings (SSSR count). The Labute approximate surface area is 121 Å². The van der Waals surface area contributed by atoms with E-state index in [1.165, 1.54) is 24.3 Å². The third-order valence-electron chi connectivity index (χ3n) is 2.68. The standard InChI is InChI=1S/C14H14O4S2/c1-20(16,17)13-6-4-11(5-7-13)14(15)18-9-8-12-3-2-10-19-12/h2-7,10H,8-9H2,1H3. The van der Waals surface area contributed by atoms with Crippen LogP contribution < -0.4 is 0 Å². The van der Waals surface area contributed by atoms with Gasteiger partial charge in [0.15, 0.2) is 9.84 Å². The van der Waals surface area contributed by atoms with Gasteiger partial charge in [0.1, 0.15) is 0 Å². The summed E-state index contributed by atoms with van der Waals surface area (Å²) in [5.41, 5.74) is 0.351. The normalized spacial score (nSPS) is 11.2. The van der Waals surface area contributed by atoms with Crippen LogP contribution in [0.5, 0.6) is 0 Å². The Kier molecular flexibility index (Phi) is 4.57. The van der Waals surface area contributed by atoms with Gasteiger partial charge in [-0.3, -0.25) is 0 Å². The highest BCUT2D eigenvalue weighted by Gasteiger charge is 2.10. The number of hydrogen-bond acceptors (Lipinski definition) is 5. The average Bonchev–Trinajstić information content (AvgIpc) is 2.91. The number of rotatable bonds is 5. The van der Waals surface area contributed by atoms with Crippen LogP contribution >= 0.6 is 11.3 Å². The summed E-state index contributed by atoms with van der Waals surface area (Å²) in [5.74, 6) is -0.443. The molecular weight excluding hydrogens is 296 g/mol. The molecule has 1 heterocycles. The zero-order chi connectivity index (χ0) is 14.6. The Morgan fingerprint density at radius 3 is 2.45 bits per heavy atom. The number of benzene rings is 1. The fourth-order valence-corrected chi connectivity index (χ4v) is 2.94. The van der Waals surface area contributed by atoms with E-state index in [0.717, 1.165) is 11.1 Å². The molecule has 0 fully saturated rings. The number of esters is 1. The molecule has 0 unspecified atom stereocenters. The van der Waals surface area contributed by atoms with Crippen molar-refractivity contribution in [3.05, 3.63) is 52.2 Å². The van der Waals surface area contributed by atoms with Crippen LogP contribution in [-0.4, -0.2) is 27.2 Å². The monoisotopic (exact) mass is 310 g/mol. The third kappa shape index (κ3) is 3.91. The zero-order valence-electron chi connectivity index (χ0n) is 10.9. The highest BCUT2D eigenvalue weighted by molar-refractivity contribution is 7.90. The van der Waals surface area contributed by atoms with Crippen LogP contribution in [0, 0.1) is 0 Å². The molecule has 1 aromatic carbocycles. The maximum Gasteiger partial charge on any atom is 0.338 e. The second-order valence-electron chi connectivity index (χ2n) is 4.26. The fourth-order valence-electron chi connectivity index (χ4n) is 1.62. The SMILES string of the molecule is CS(=O)(=O)c1ccc(C(=O)OCCc2cccs2)cc1. The first-order chi connectivity index (χ1) is 9.47. The lowest BCUT2D eigenvalue weighted by molar-refractivity contribution is 0.0510. The van der Waals surface area contributed by atoms with Crippen LogP contribution in [0.15, 0.2) is 46.7 Å². The molecule has 0 radical (unpaired) electrons. The largest absolute Gasteiger partial charge is 0.462 e. The van der Waals surface area contributed by atoms with Crippen molar-refractivity contribution in [2.24, 2.45) is 0 Å². The van der Waals surface area contributed by atoms with Crippen LogP contribution in [0.4, 0.5) is 0 Å². The summed E-state index contributed by atoms with van der Waals surface area (Å²) in [6.45, 7) is 0.313. The average molecular weight is 310 g/mol. The van der Waals surface area contributed by atoms with Crippen LogP contribution in [0.25, 0.3) is 0 Å². The molecule has 0 aliphatic carbocycles. The summed E-state index contributed by atoms with van der Waals surface area (Å²) in [5, 5.41) is 1.97. The topological polar surface area (TPSA) is 60.4 Å². The van der Waals surface area contributed by atoms with Crippen LogP contribution in [-0.2, 0) is 21.0 Å². The van der Waals surface area contributed by atoms with E-state index in [9.17, 15) is 13.2 Å². The number of carbonyl (C=O) groups is 1. The molecule has 0 saturated heterocycles. The summed E-state index contributed by atoms with van der Waals surface area (Å²) in [4.78, 5) is 13.1. The van der Waals surface area contributed by atoms with Gasteiger partial charge in [0.05, 0.1) is 17.1 Å². The predicted molar refractivity (Wildman–Crippen MR) is 77.9 cm³/mol. The second-order valence-corrected chi connectivity index (χ2v) is 7.31. The van der Waals surface area contributed by atoms with Crippen LogP contribution in [0.2, 0.25) is 0 Å². The first-order valence-electron chi connectivity index (χ1n) is 5.96. The van der Waals surface area contributed by atoms with Gasteiger partial charge in [-0.1, -0.05) is 6.07 Å². The van der Waals surface area contributed by atoms with Gasteiger partial charge in [0.25, 0.3) is 0 Å². The summed E-state index contributed by atoms with van der Waals surface area (Å²) < 4.78 is 27.7. The molecule has 4 nitrogen and oxygen atoms in total. The van der Waals surface area contributed by atoms with Gasteiger partial charge in [-0.05, 0) is 35.7 Å². The first-order valence-corrected chi connectivity index (χ1v) is 8.73. The third-order valence-corrected chi connectivity index (χ3v) is 4.74. The number of sulfone groups is 1. The van der Waals surface area contributed by atoms with E-state index in [1.807, 2.05) is 17.5 Å². The van der Waals surface area contributed by atoms with E-state index < -0.39 is 15.8 Å². The van der Waals surface area contributed by atoms with E-state index in [1.54, 1.807) is 11.3 Å². The van der Waals surface area contributed by atoms with Crippen molar-refractivity contribution in [2.45, 2.75) is 11.3 Å². The lowest BCUT2D eigenvalue weighted by Crippen LogP contribution is -2.08. The van der Waals surface area contributed by atoms with Crippen molar-refractivity contribution >= 4 is 27.1 Å². The molecule has 1 aromatic heterocycles. The van der Waals surface area contributed by atoms with Gasteiger partial charge in [-0.2, -0.15) is 0 Å². The molecule has 0 N–H and O–H groups in total. The molecule has 0 amide bonds. The molecule has 20 heavy (non-hydrogen) atoms. The molecule has 0 saturated carbocycles. The Hall–Kier alpha value is -1.66.